The van der Waals surface area contributed by atoms with E-state index < -0.39 is 10.0 Å². The van der Waals surface area contributed by atoms with Crippen molar-refractivity contribution >= 4 is 21.4 Å². The highest BCUT2D eigenvalue weighted by atomic mass is 32.2. The minimum atomic E-state index is -3.57. The Bertz CT molecular complexity index is 490. The molecule has 122 valence electrons. The monoisotopic (exact) mass is 337 g/mol. The van der Waals surface area contributed by atoms with Gasteiger partial charge in [0, 0.05) is 26.3 Å². The summed E-state index contributed by atoms with van der Waals surface area (Å²) in [5, 5.41) is 10.7. The largest absolute Gasteiger partial charge is 0.392 e. The zero-order chi connectivity index (χ0) is 15.7. The second kappa shape index (κ2) is 9.50. The van der Waals surface area contributed by atoms with E-state index in [1.54, 1.807) is 5.38 Å². The lowest BCUT2D eigenvalue weighted by molar-refractivity contribution is 0.110. The van der Waals surface area contributed by atoms with Crippen molar-refractivity contribution in [1.82, 2.24) is 4.31 Å². The van der Waals surface area contributed by atoms with Gasteiger partial charge >= 0.3 is 0 Å². The maximum Gasteiger partial charge on any atom is 0.252 e. The summed E-state index contributed by atoms with van der Waals surface area (Å²) in [5.41, 5.74) is 0.605. The van der Waals surface area contributed by atoms with Crippen LogP contribution >= 0.6 is 11.3 Å². The summed E-state index contributed by atoms with van der Waals surface area (Å²) in [6, 6.07) is 1.51. The van der Waals surface area contributed by atoms with Gasteiger partial charge < -0.3 is 14.6 Å². The van der Waals surface area contributed by atoms with E-state index in [1.165, 1.54) is 10.4 Å². The van der Waals surface area contributed by atoms with Crippen LogP contribution in [0.15, 0.2) is 15.7 Å². The van der Waals surface area contributed by atoms with Gasteiger partial charge in [0.2, 0.25) is 0 Å². The van der Waals surface area contributed by atoms with Gasteiger partial charge in [-0.1, -0.05) is 0 Å². The average Bonchev–Trinajstić information content (AvgIpc) is 2.95. The molecule has 1 aromatic rings. The number of thiophene rings is 1. The van der Waals surface area contributed by atoms with E-state index in [1.807, 2.05) is 13.8 Å². The van der Waals surface area contributed by atoms with Crippen molar-refractivity contribution in [2.45, 2.75) is 24.7 Å². The predicted octanol–water partition coefficient (Wildman–Crippen LogP) is 1.30. The number of hydrogen-bond acceptors (Lipinski definition) is 6. The molecule has 21 heavy (non-hydrogen) atoms. The molecule has 0 radical (unpaired) electrons. The van der Waals surface area contributed by atoms with Crippen LogP contribution in [0.4, 0.5) is 0 Å². The summed E-state index contributed by atoms with van der Waals surface area (Å²) in [5.74, 6) is 0. The van der Waals surface area contributed by atoms with Gasteiger partial charge in [-0.15, -0.1) is 11.3 Å². The number of hydrogen-bond donors (Lipinski definition) is 1. The van der Waals surface area contributed by atoms with Gasteiger partial charge in [-0.3, -0.25) is 0 Å². The van der Waals surface area contributed by atoms with Crippen LogP contribution in [0.2, 0.25) is 0 Å². The van der Waals surface area contributed by atoms with Crippen LogP contribution < -0.4 is 0 Å². The topological polar surface area (TPSA) is 76.1 Å². The molecule has 0 aliphatic rings. The van der Waals surface area contributed by atoms with Gasteiger partial charge in [0.15, 0.2) is 0 Å². The van der Waals surface area contributed by atoms with Crippen LogP contribution in [0.25, 0.3) is 0 Å². The fraction of sp³-hybridized carbons (Fsp3) is 0.692. The van der Waals surface area contributed by atoms with E-state index in [0.717, 1.165) is 11.3 Å². The first kappa shape index (κ1) is 18.5. The number of aliphatic hydroxyl groups excluding tert-OH is 1. The molecule has 0 amide bonds. The Labute approximate surface area is 130 Å². The molecule has 0 saturated carbocycles. The summed E-state index contributed by atoms with van der Waals surface area (Å²) in [6.07, 6.45) is 0. The minimum absolute atomic E-state index is 0.163. The predicted molar refractivity (Wildman–Crippen MR) is 82.0 cm³/mol. The first-order chi connectivity index (χ1) is 10.1. The molecule has 6 nitrogen and oxygen atoms in total. The lowest BCUT2D eigenvalue weighted by Crippen LogP contribution is -2.36. The third-order valence-electron chi connectivity index (χ3n) is 2.78. The van der Waals surface area contributed by atoms with Gasteiger partial charge in [0.1, 0.15) is 4.21 Å². The molecule has 0 aromatic carbocycles. The van der Waals surface area contributed by atoms with E-state index in [-0.39, 0.29) is 23.9 Å². The Morgan fingerprint density at radius 3 is 2.19 bits per heavy atom. The Balaban J connectivity index is 2.81. The molecule has 1 heterocycles. The molecule has 0 aliphatic carbocycles. The molecule has 1 rings (SSSR count). The summed E-state index contributed by atoms with van der Waals surface area (Å²) in [4.78, 5) is 0. The third-order valence-corrected chi connectivity index (χ3v) is 6.15. The first-order valence-corrected chi connectivity index (χ1v) is 9.22. The van der Waals surface area contributed by atoms with Crippen molar-refractivity contribution in [3.8, 4) is 0 Å². The molecule has 0 unspecified atom stereocenters. The Hall–Kier alpha value is -0.510. The van der Waals surface area contributed by atoms with Gasteiger partial charge in [-0.25, -0.2) is 8.42 Å². The van der Waals surface area contributed by atoms with Crippen LogP contribution in [0.3, 0.4) is 0 Å². The van der Waals surface area contributed by atoms with Crippen molar-refractivity contribution in [3.05, 3.63) is 17.0 Å². The number of aliphatic hydroxyl groups is 1. The molecular formula is C13H23NO5S2. The molecule has 0 bridgehead atoms. The highest BCUT2D eigenvalue weighted by Gasteiger charge is 2.25. The quantitative estimate of drug-likeness (QED) is 0.616. The van der Waals surface area contributed by atoms with Crippen molar-refractivity contribution in [2.24, 2.45) is 0 Å². The molecule has 1 N–H and O–H groups in total. The number of nitrogens with zero attached hydrogens (tertiary/aromatic N) is 1. The van der Waals surface area contributed by atoms with Crippen molar-refractivity contribution < 1.29 is 23.0 Å². The molecule has 1 aromatic heterocycles. The van der Waals surface area contributed by atoms with Crippen molar-refractivity contribution in [3.63, 3.8) is 0 Å². The van der Waals surface area contributed by atoms with Gasteiger partial charge in [-0.2, -0.15) is 4.31 Å². The fourth-order valence-electron chi connectivity index (χ4n) is 1.67. The van der Waals surface area contributed by atoms with E-state index in [9.17, 15) is 8.42 Å². The normalized spacial score (nSPS) is 12.2. The minimum Gasteiger partial charge on any atom is -0.392 e. The zero-order valence-electron chi connectivity index (χ0n) is 12.4. The summed E-state index contributed by atoms with van der Waals surface area (Å²) in [6.45, 7) is 5.94. The average molecular weight is 337 g/mol. The molecular weight excluding hydrogens is 314 g/mol. The van der Waals surface area contributed by atoms with Crippen molar-refractivity contribution in [1.29, 1.82) is 0 Å². The van der Waals surface area contributed by atoms with Gasteiger partial charge in [0.25, 0.3) is 10.0 Å². The first-order valence-electron chi connectivity index (χ1n) is 6.90. The van der Waals surface area contributed by atoms with Gasteiger partial charge in [0.05, 0.1) is 19.8 Å². The summed E-state index contributed by atoms with van der Waals surface area (Å²) in [7, 11) is -3.57. The highest BCUT2D eigenvalue weighted by Crippen LogP contribution is 2.23. The molecule has 0 atom stereocenters. The smallest absolute Gasteiger partial charge is 0.252 e. The highest BCUT2D eigenvalue weighted by molar-refractivity contribution is 7.91. The molecule has 0 aliphatic heterocycles. The standard InChI is InChI=1S/C13H23NO5S2/c1-3-18-7-5-14(6-8-19-4-2)21(16,17)13-9-12(10-15)11-20-13/h9,11,15H,3-8,10H2,1-2H3. The van der Waals surface area contributed by atoms with E-state index in [2.05, 4.69) is 0 Å². The number of rotatable bonds is 11. The molecule has 8 heteroatoms. The Kier molecular flexibility index (Phi) is 8.38. The molecule has 0 spiro atoms. The van der Waals surface area contributed by atoms with Crippen LogP contribution in [-0.4, -0.2) is 57.3 Å². The zero-order valence-corrected chi connectivity index (χ0v) is 14.1. The maximum absolute atomic E-state index is 12.6. The van der Waals surface area contributed by atoms with Crippen molar-refractivity contribution in [2.75, 3.05) is 39.5 Å². The lowest BCUT2D eigenvalue weighted by atomic mass is 10.4. The fourth-order valence-corrected chi connectivity index (χ4v) is 4.43. The number of sulfonamides is 1. The SMILES string of the molecule is CCOCCN(CCOCC)S(=O)(=O)c1cc(CO)cs1. The molecule has 0 saturated heterocycles. The maximum atomic E-state index is 12.6. The third kappa shape index (κ3) is 5.65. The number of ether oxygens (including phenoxy) is 2. The van der Waals surface area contributed by atoms with E-state index in [0.29, 0.717) is 32.0 Å². The Morgan fingerprint density at radius 2 is 1.76 bits per heavy atom. The van der Waals surface area contributed by atoms with Crippen LogP contribution in [0.1, 0.15) is 19.4 Å². The summed E-state index contributed by atoms with van der Waals surface area (Å²) >= 11 is 1.12. The van der Waals surface area contributed by atoms with Gasteiger partial charge in [-0.05, 0) is 30.9 Å². The second-order valence-electron chi connectivity index (χ2n) is 4.23. The lowest BCUT2D eigenvalue weighted by Gasteiger charge is -2.21. The van der Waals surface area contributed by atoms with Crippen LogP contribution in [0, 0.1) is 0 Å². The second-order valence-corrected chi connectivity index (χ2v) is 7.31. The van der Waals surface area contributed by atoms with E-state index >= 15 is 0 Å². The van der Waals surface area contributed by atoms with Crippen LogP contribution in [0.5, 0.6) is 0 Å². The molecule has 0 fully saturated rings. The van der Waals surface area contributed by atoms with Crippen LogP contribution in [-0.2, 0) is 26.1 Å². The Morgan fingerprint density at radius 1 is 1.19 bits per heavy atom. The summed E-state index contributed by atoms with van der Waals surface area (Å²) < 4.78 is 37.3. The van der Waals surface area contributed by atoms with E-state index in [4.69, 9.17) is 14.6 Å².